The predicted octanol–water partition coefficient (Wildman–Crippen LogP) is 1.96. The van der Waals surface area contributed by atoms with Gasteiger partial charge in [0.05, 0.1) is 17.6 Å². The molecule has 0 aliphatic carbocycles. The Kier molecular flexibility index (Phi) is 5.08. The van der Waals surface area contributed by atoms with Crippen molar-refractivity contribution >= 4 is 11.5 Å². The first-order chi connectivity index (χ1) is 8.54. The zero-order valence-electron chi connectivity index (χ0n) is 11.3. The van der Waals surface area contributed by atoms with Gasteiger partial charge in [0.25, 0.3) is 0 Å². The molecule has 1 heterocycles. The zero-order chi connectivity index (χ0) is 13.7. The molecule has 1 aromatic rings. The highest BCUT2D eigenvalue weighted by atomic mass is 16.6. The number of hydrogen-bond acceptors (Lipinski definition) is 5. The van der Waals surface area contributed by atoms with Crippen LogP contribution in [0.15, 0.2) is 0 Å². The second-order valence-corrected chi connectivity index (χ2v) is 4.06. The van der Waals surface area contributed by atoms with Crippen LogP contribution in [0.3, 0.4) is 0 Å². The third kappa shape index (κ3) is 2.98. The highest BCUT2D eigenvalue weighted by Crippen LogP contribution is 2.28. The van der Waals surface area contributed by atoms with E-state index in [2.05, 4.69) is 10.4 Å². The quantitative estimate of drug-likeness (QED) is 0.595. The summed E-state index contributed by atoms with van der Waals surface area (Å²) >= 11 is 0. The Morgan fingerprint density at radius 2 is 2.22 bits per heavy atom. The zero-order valence-corrected chi connectivity index (χ0v) is 11.3. The molecule has 0 aliphatic rings. The Balaban J connectivity index is 3.08. The van der Waals surface area contributed by atoms with E-state index >= 15 is 0 Å². The summed E-state index contributed by atoms with van der Waals surface area (Å²) in [5.41, 5.74) is 0.475. The Hall–Kier alpha value is -1.63. The summed E-state index contributed by atoms with van der Waals surface area (Å²) in [6, 6.07) is 0.0371. The van der Waals surface area contributed by atoms with Crippen LogP contribution in [0.4, 0.5) is 11.5 Å². The van der Waals surface area contributed by atoms with Gasteiger partial charge >= 0.3 is 5.69 Å². The first-order valence-corrected chi connectivity index (χ1v) is 6.02. The van der Waals surface area contributed by atoms with E-state index in [1.807, 2.05) is 13.8 Å². The Labute approximate surface area is 106 Å². The van der Waals surface area contributed by atoms with E-state index in [4.69, 9.17) is 4.74 Å². The van der Waals surface area contributed by atoms with Gasteiger partial charge in [-0.05, 0) is 20.3 Å². The van der Waals surface area contributed by atoms with Gasteiger partial charge in [-0.1, -0.05) is 6.92 Å². The summed E-state index contributed by atoms with van der Waals surface area (Å²) in [6.07, 6.45) is 0.818. The maximum absolute atomic E-state index is 11.1. The summed E-state index contributed by atoms with van der Waals surface area (Å²) in [7, 11) is 1.61. The van der Waals surface area contributed by atoms with Crippen molar-refractivity contribution in [1.29, 1.82) is 0 Å². The maximum Gasteiger partial charge on any atom is 0.333 e. The lowest BCUT2D eigenvalue weighted by atomic mass is 10.2. The number of nitrogens with one attached hydrogen (secondary N) is 1. The highest BCUT2D eigenvalue weighted by Gasteiger charge is 2.26. The van der Waals surface area contributed by atoms with Crippen molar-refractivity contribution in [2.24, 2.45) is 0 Å². The van der Waals surface area contributed by atoms with E-state index in [1.54, 1.807) is 18.7 Å². The first kappa shape index (κ1) is 14.4. The number of hydrogen-bond donors (Lipinski definition) is 1. The third-order valence-corrected chi connectivity index (χ3v) is 2.78. The van der Waals surface area contributed by atoms with Crippen molar-refractivity contribution < 1.29 is 9.66 Å². The number of ether oxygens (including phenoxy) is 1. The van der Waals surface area contributed by atoms with Gasteiger partial charge in [0.1, 0.15) is 5.69 Å². The molecule has 7 heteroatoms. The minimum absolute atomic E-state index is 0.0371. The molecule has 102 valence electrons. The normalized spacial score (nSPS) is 12.4. The van der Waals surface area contributed by atoms with Gasteiger partial charge in [-0.25, -0.2) is 4.68 Å². The molecule has 1 N–H and O–H groups in total. The van der Waals surface area contributed by atoms with E-state index < -0.39 is 4.92 Å². The number of methoxy groups -OCH3 is 1. The highest BCUT2D eigenvalue weighted by molar-refractivity contribution is 5.60. The molecule has 7 nitrogen and oxygen atoms in total. The molecule has 0 saturated carbocycles. The van der Waals surface area contributed by atoms with Crippen LogP contribution in [0.2, 0.25) is 0 Å². The fraction of sp³-hybridized carbons (Fsp3) is 0.727. The summed E-state index contributed by atoms with van der Waals surface area (Å²) in [5.74, 6) is 0.462. The molecule has 0 spiro atoms. The number of aryl methyl sites for hydroxylation is 2. The molecule has 1 aromatic heterocycles. The molecule has 18 heavy (non-hydrogen) atoms. The topological polar surface area (TPSA) is 82.2 Å². The van der Waals surface area contributed by atoms with Crippen molar-refractivity contribution in [3.8, 4) is 0 Å². The number of anilines is 1. The molecule has 0 fully saturated rings. The molecule has 0 aliphatic heterocycles. The van der Waals surface area contributed by atoms with Gasteiger partial charge in [0, 0.05) is 13.7 Å². The van der Waals surface area contributed by atoms with Gasteiger partial charge in [-0.15, -0.1) is 0 Å². The smallest absolute Gasteiger partial charge is 0.333 e. The van der Waals surface area contributed by atoms with Crippen LogP contribution in [-0.4, -0.2) is 34.5 Å². The second kappa shape index (κ2) is 6.34. The lowest BCUT2D eigenvalue weighted by Crippen LogP contribution is -2.26. The largest absolute Gasteiger partial charge is 0.383 e. The number of rotatable bonds is 7. The van der Waals surface area contributed by atoms with Crippen molar-refractivity contribution in [2.75, 3.05) is 19.0 Å². The van der Waals surface area contributed by atoms with E-state index in [-0.39, 0.29) is 11.7 Å². The summed E-state index contributed by atoms with van der Waals surface area (Å²) < 4.78 is 6.70. The van der Waals surface area contributed by atoms with Crippen LogP contribution in [0, 0.1) is 17.0 Å². The molecule has 1 atom stereocenters. The average molecular weight is 256 g/mol. The van der Waals surface area contributed by atoms with Gasteiger partial charge in [-0.2, -0.15) is 5.10 Å². The van der Waals surface area contributed by atoms with Crippen LogP contribution < -0.4 is 5.32 Å². The SMILES string of the molecule is CCC(COC)Nc1c([N+](=O)[O-])c(C)nn1CC. The van der Waals surface area contributed by atoms with Gasteiger partial charge in [0.2, 0.25) is 5.82 Å². The fourth-order valence-corrected chi connectivity index (χ4v) is 1.82. The standard InChI is InChI=1S/C11H20N4O3/c1-5-9(7-18-4)12-11-10(15(16)17)8(3)13-14(11)6-2/h9,12H,5-7H2,1-4H3. The van der Waals surface area contributed by atoms with Gasteiger partial charge in [-0.3, -0.25) is 10.1 Å². The number of nitrogens with zero attached hydrogens (tertiary/aromatic N) is 3. The van der Waals surface area contributed by atoms with Crippen molar-refractivity contribution in [3.05, 3.63) is 15.8 Å². The van der Waals surface area contributed by atoms with E-state index in [0.29, 0.717) is 24.7 Å². The molecule has 0 amide bonds. The fourth-order valence-electron chi connectivity index (χ4n) is 1.82. The minimum atomic E-state index is -0.393. The molecular formula is C11H20N4O3. The Morgan fingerprint density at radius 1 is 1.56 bits per heavy atom. The third-order valence-electron chi connectivity index (χ3n) is 2.78. The molecule has 1 rings (SSSR count). The van der Waals surface area contributed by atoms with Gasteiger partial charge in [0.15, 0.2) is 0 Å². The van der Waals surface area contributed by atoms with Crippen LogP contribution in [-0.2, 0) is 11.3 Å². The molecule has 0 radical (unpaired) electrons. The monoisotopic (exact) mass is 256 g/mol. The maximum atomic E-state index is 11.1. The number of nitro groups is 1. The summed E-state index contributed by atoms with van der Waals surface area (Å²) in [5, 5.41) is 18.4. The molecule has 0 bridgehead atoms. The molecular weight excluding hydrogens is 236 g/mol. The predicted molar refractivity (Wildman–Crippen MR) is 68.9 cm³/mol. The van der Waals surface area contributed by atoms with E-state index in [9.17, 15) is 10.1 Å². The van der Waals surface area contributed by atoms with Crippen LogP contribution in [0.1, 0.15) is 26.0 Å². The molecule has 0 saturated heterocycles. The van der Waals surface area contributed by atoms with Crippen LogP contribution in [0.5, 0.6) is 0 Å². The summed E-state index contributed by atoms with van der Waals surface area (Å²) in [4.78, 5) is 10.7. The van der Waals surface area contributed by atoms with Crippen molar-refractivity contribution in [2.45, 2.75) is 39.8 Å². The average Bonchev–Trinajstić information content (AvgIpc) is 2.64. The summed E-state index contributed by atoms with van der Waals surface area (Å²) in [6.45, 7) is 6.63. The van der Waals surface area contributed by atoms with Gasteiger partial charge < -0.3 is 10.1 Å². The van der Waals surface area contributed by atoms with E-state index in [0.717, 1.165) is 6.42 Å². The Bertz CT molecular complexity index is 417. The van der Waals surface area contributed by atoms with Crippen LogP contribution >= 0.6 is 0 Å². The van der Waals surface area contributed by atoms with Crippen molar-refractivity contribution in [1.82, 2.24) is 9.78 Å². The first-order valence-electron chi connectivity index (χ1n) is 6.02. The Morgan fingerprint density at radius 3 is 2.67 bits per heavy atom. The number of aromatic nitrogens is 2. The lowest BCUT2D eigenvalue weighted by Gasteiger charge is -2.17. The van der Waals surface area contributed by atoms with Crippen LogP contribution in [0.25, 0.3) is 0 Å². The molecule has 1 unspecified atom stereocenters. The van der Waals surface area contributed by atoms with Crippen molar-refractivity contribution in [3.63, 3.8) is 0 Å². The molecule has 0 aromatic carbocycles. The minimum Gasteiger partial charge on any atom is -0.383 e. The van der Waals surface area contributed by atoms with E-state index in [1.165, 1.54) is 0 Å². The second-order valence-electron chi connectivity index (χ2n) is 4.06. The lowest BCUT2D eigenvalue weighted by molar-refractivity contribution is -0.384.